The fourth-order valence-corrected chi connectivity index (χ4v) is 2.84. The van der Waals surface area contributed by atoms with Crippen molar-refractivity contribution < 1.29 is 14.6 Å². The van der Waals surface area contributed by atoms with Crippen molar-refractivity contribution in [2.75, 3.05) is 7.11 Å². The molecule has 9 nitrogen and oxygen atoms in total. The molecule has 2 aromatic carbocycles. The van der Waals surface area contributed by atoms with E-state index < -0.39 is 23.0 Å². The Labute approximate surface area is 171 Å². The summed E-state index contributed by atoms with van der Waals surface area (Å²) in [5.41, 5.74) is 1.36. The van der Waals surface area contributed by atoms with Gasteiger partial charge in [-0.05, 0) is 42.8 Å². The number of nitrogens with zero attached hydrogens (tertiary/aromatic N) is 2. The lowest BCUT2D eigenvalue weighted by Crippen LogP contribution is -2.34. The molecule has 0 atom stereocenters. The standard InChI is InChI=1S/C21H20N4O5/c1-3-16(23-24-18(26)13-7-5-4-6-8-13)17-19(27)22-21(29)25(20(17)28)14-9-11-15(30-2)12-10-14/h4-12,28H,3H2,1-2H3,(H,24,26)(H,22,27,29). The molecule has 1 amide bonds. The van der Waals surface area contributed by atoms with Gasteiger partial charge in [0.2, 0.25) is 5.88 Å². The highest BCUT2D eigenvalue weighted by Gasteiger charge is 2.20. The first-order valence-corrected chi connectivity index (χ1v) is 9.11. The number of methoxy groups -OCH3 is 1. The lowest BCUT2D eigenvalue weighted by molar-refractivity contribution is 0.0954. The number of carbonyl (C=O) groups excluding carboxylic acids is 1. The SMILES string of the molecule is CCC(=NNC(=O)c1ccccc1)c1c(O)n(-c2ccc(OC)cc2)c(=O)[nH]c1=O. The van der Waals surface area contributed by atoms with Gasteiger partial charge in [-0.3, -0.25) is 14.6 Å². The van der Waals surface area contributed by atoms with E-state index >= 15 is 0 Å². The van der Waals surface area contributed by atoms with Crippen LogP contribution in [0.25, 0.3) is 5.69 Å². The number of benzene rings is 2. The smallest absolute Gasteiger partial charge is 0.335 e. The van der Waals surface area contributed by atoms with Crippen molar-refractivity contribution in [3.63, 3.8) is 0 Å². The molecule has 0 bridgehead atoms. The maximum atomic E-state index is 12.4. The second kappa shape index (κ2) is 8.91. The molecule has 3 N–H and O–H groups in total. The number of carbonyl (C=O) groups is 1. The van der Waals surface area contributed by atoms with Crippen LogP contribution in [0.3, 0.4) is 0 Å². The number of aromatic hydroxyl groups is 1. The number of hydrazone groups is 1. The molecular formula is C21H20N4O5. The minimum atomic E-state index is -0.810. The van der Waals surface area contributed by atoms with Crippen LogP contribution in [0.5, 0.6) is 11.6 Å². The molecule has 1 heterocycles. The number of H-pyrrole nitrogens is 1. The molecule has 0 radical (unpaired) electrons. The summed E-state index contributed by atoms with van der Waals surface area (Å²) in [7, 11) is 1.50. The fraction of sp³-hybridized carbons (Fsp3) is 0.143. The van der Waals surface area contributed by atoms with Gasteiger partial charge >= 0.3 is 5.69 Å². The molecule has 3 aromatic rings. The third-order valence-corrected chi connectivity index (χ3v) is 4.37. The van der Waals surface area contributed by atoms with E-state index in [0.29, 0.717) is 17.0 Å². The molecule has 3 rings (SSSR count). The van der Waals surface area contributed by atoms with Crippen LogP contribution in [-0.4, -0.2) is 33.4 Å². The molecule has 0 unspecified atom stereocenters. The third-order valence-electron chi connectivity index (χ3n) is 4.37. The van der Waals surface area contributed by atoms with Gasteiger partial charge in [0, 0.05) is 5.56 Å². The Hall–Kier alpha value is -4.14. The number of aromatic nitrogens is 2. The highest BCUT2D eigenvalue weighted by Crippen LogP contribution is 2.20. The number of nitrogens with one attached hydrogen (secondary N) is 2. The van der Waals surface area contributed by atoms with Crippen LogP contribution >= 0.6 is 0 Å². The monoisotopic (exact) mass is 408 g/mol. The second-order valence-electron chi connectivity index (χ2n) is 6.21. The highest BCUT2D eigenvalue weighted by atomic mass is 16.5. The summed E-state index contributed by atoms with van der Waals surface area (Å²) >= 11 is 0. The zero-order valence-corrected chi connectivity index (χ0v) is 16.4. The van der Waals surface area contributed by atoms with Crippen molar-refractivity contribution in [2.45, 2.75) is 13.3 Å². The van der Waals surface area contributed by atoms with Crippen LogP contribution < -0.4 is 21.4 Å². The van der Waals surface area contributed by atoms with Gasteiger partial charge < -0.3 is 9.84 Å². The number of ether oxygens (including phenoxy) is 1. The van der Waals surface area contributed by atoms with Gasteiger partial charge in [0.25, 0.3) is 11.5 Å². The average Bonchev–Trinajstić information content (AvgIpc) is 2.76. The summed E-state index contributed by atoms with van der Waals surface area (Å²) in [4.78, 5) is 39.2. The molecule has 9 heteroatoms. The van der Waals surface area contributed by atoms with Crippen molar-refractivity contribution >= 4 is 11.6 Å². The topological polar surface area (TPSA) is 126 Å². The van der Waals surface area contributed by atoms with E-state index in [2.05, 4.69) is 15.5 Å². The Balaban J connectivity index is 2.04. The molecule has 30 heavy (non-hydrogen) atoms. The summed E-state index contributed by atoms with van der Waals surface area (Å²) in [6.07, 6.45) is 0.215. The number of amides is 1. The van der Waals surface area contributed by atoms with Crippen molar-refractivity contribution in [3.8, 4) is 17.3 Å². The van der Waals surface area contributed by atoms with E-state index in [1.165, 1.54) is 7.11 Å². The van der Waals surface area contributed by atoms with Crippen LogP contribution in [0.1, 0.15) is 29.3 Å². The molecule has 0 aliphatic heterocycles. The van der Waals surface area contributed by atoms with Gasteiger partial charge in [-0.15, -0.1) is 0 Å². The normalized spacial score (nSPS) is 11.2. The third kappa shape index (κ3) is 4.14. The lowest BCUT2D eigenvalue weighted by Gasteiger charge is -2.13. The van der Waals surface area contributed by atoms with Crippen molar-refractivity contribution in [2.24, 2.45) is 5.10 Å². The van der Waals surface area contributed by atoms with Crippen LogP contribution in [0.4, 0.5) is 0 Å². The zero-order valence-electron chi connectivity index (χ0n) is 16.4. The first-order chi connectivity index (χ1) is 14.5. The minimum Gasteiger partial charge on any atom is -0.497 e. The molecule has 154 valence electrons. The lowest BCUT2D eigenvalue weighted by atomic mass is 10.1. The van der Waals surface area contributed by atoms with Gasteiger partial charge in [0.05, 0.1) is 18.5 Å². The number of rotatable bonds is 6. The molecular weight excluding hydrogens is 388 g/mol. The predicted molar refractivity (Wildman–Crippen MR) is 112 cm³/mol. The Morgan fingerprint density at radius 1 is 1.13 bits per heavy atom. The summed E-state index contributed by atoms with van der Waals surface area (Å²) in [5.74, 6) is -0.486. The first kappa shape index (κ1) is 20.6. The Bertz CT molecular complexity index is 1190. The number of hydrogen-bond acceptors (Lipinski definition) is 6. The Morgan fingerprint density at radius 3 is 2.40 bits per heavy atom. The van der Waals surface area contributed by atoms with Crippen LogP contribution in [0, 0.1) is 0 Å². The van der Waals surface area contributed by atoms with Crippen LogP contribution in [0.2, 0.25) is 0 Å². The fourth-order valence-electron chi connectivity index (χ4n) is 2.84. The van der Waals surface area contributed by atoms with Gasteiger partial charge in [-0.25, -0.2) is 14.8 Å². The van der Waals surface area contributed by atoms with E-state index in [0.717, 1.165) is 4.57 Å². The molecule has 0 spiro atoms. The summed E-state index contributed by atoms with van der Waals surface area (Å²) in [5, 5.41) is 14.7. The molecule has 0 fully saturated rings. The Morgan fingerprint density at radius 2 is 1.80 bits per heavy atom. The van der Waals surface area contributed by atoms with Gasteiger partial charge in [0.1, 0.15) is 11.3 Å². The van der Waals surface area contributed by atoms with E-state index in [4.69, 9.17) is 4.74 Å². The summed E-state index contributed by atoms with van der Waals surface area (Å²) in [6.45, 7) is 1.70. The minimum absolute atomic E-state index is 0.111. The van der Waals surface area contributed by atoms with E-state index in [-0.39, 0.29) is 17.7 Å². The zero-order chi connectivity index (χ0) is 21.7. The maximum absolute atomic E-state index is 12.4. The van der Waals surface area contributed by atoms with E-state index in [1.807, 2.05) is 0 Å². The predicted octanol–water partition coefficient (Wildman–Crippen LogP) is 1.78. The van der Waals surface area contributed by atoms with Gasteiger partial charge in [-0.2, -0.15) is 5.10 Å². The first-order valence-electron chi connectivity index (χ1n) is 9.11. The van der Waals surface area contributed by atoms with Crippen molar-refractivity contribution in [1.29, 1.82) is 0 Å². The quantitative estimate of drug-likeness (QED) is 0.423. The van der Waals surface area contributed by atoms with Crippen LogP contribution in [0.15, 0.2) is 69.3 Å². The summed E-state index contributed by atoms with van der Waals surface area (Å²) < 4.78 is 6.03. The van der Waals surface area contributed by atoms with Crippen molar-refractivity contribution in [1.82, 2.24) is 15.0 Å². The van der Waals surface area contributed by atoms with E-state index in [1.54, 1.807) is 61.5 Å². The number of aromatic amines is 1. The highest BCUT2D eigenvalue weighted by molar-refractivity contribution is 6.03. The van der Waals surface area contributed by atoms with Crippen LogP contribution in [-0.2, 0) is 0 Å². The largest absolute Gasteiger partial charge is 0.497 e. The average molecular weight is 408 g/mol. The number of hydrogen-bond donors (Lipinski definition) is 3. The molecule has 0 aliphatic rings. The van der Waals surface area contributed by atoms with E-state index in [9.17, 15) is 19.5 Å². The molecule has 1 aromatic heterocycles. The second-order valence-corrected chi connectivity index (χ2v) is 6.21. The van der Waals surface area contributed by atoms with Gasteiger partial charge in [-0.1, -0.05) is 25.1 Å². The summed E-state index contributed by atoms with van der Waals surface area (Å²) in [6, 6.07) is 14.8. The van der Waals surface area contributed by atoms with Crippen molar-refractivity contribution in [3.05, 3.63) is 86.6 Å². The molecule has 0 saturated carbocycles. The van der Waals surface area contributed by atoms with Gasteiger partial charge in [0.15, 0.2) is 0 Å². The maximum Gasteiger partial charge on any atom is 0.335 e. The Kier molecular flexibility index (Phi) is 6.11. The molecule has 0 saturated heterocycles. The molecule has 0 aliphatic carbocycles.